The van der Waals surface area contributed by atoms with Crippen LogP contribution in [0.2, 0.25) is 0 Å². The van der Waals surface area contributed by atoms with Gasteiger partial charge in [-0.15, -0.1) is 0 Å². The van der Waals surface area contributed by atoms with Crippen LogP contribution in [-0.2, 0) is 9.59 Å². The standard InChI is InChI=1S/C13H14N2O5/c1-2-8(13(18)19)15-12(17)7-3-4-10-9(5-7)14-11(16)6-20-10/h3-5,8H,2,6H2,1H3,(H,14,16)(H,15,17)(H,18,19)/t8-/m0/s1. The Morgan fingerprint density at radius 2 is 2.25 bits per heavy atom. The summed E-state index contributed by atoms with van der Waals surface area (Å²) < 4.78 is 5.17. The number of carbonyl (C=O) groups excluding carboxylic acids is 2. The molecule has 0 aromatic heterocycles. The number of amides is 2. The van der Waals surface area contributed by atoms with Gasteiger partial charge in [0.05, 0.1) is 5.69 Å². The van der Waals surface area contributed by atoms with Crippen LogP contribution in [0.15, 0.2) is 18.2 Å². The fraction of sp³-hybridized carbons (Fsp3) is 0.308. The number of anilines is 1. The second kappa shape index (κ2) is 5.60. The molecule has 0 unspecified atom stereocenters. The molecule has 1 heterocycles. The average molecular weight is 278 g/mol. The van der Waals surface area contributed by atoms with E-state index in [4.69, 9.17) is 9.84 Å². The van der Waals surface area contributed by atoms with Crippen molar-refractivity contribution < 1.29 is 24.2 Å². The third-order valence-corrected chi connectivity index (χ3v) is 2.89. The van der Waals surface area contributed by atoms with Crippen LogP contribution in [0.4, 0.5) is 5.69 Å². The zero-order valence-corrected chi connectivity index (χ0v) is 10.8. The van der Waals surface area contributed by atoms with Crippen LogP contribution in [-0.4, -0.2) is 35.5 Å². The lowest BCUT2D eigenvalue weighted by Gasteiger charge is -2.19. The highest BCUT2D eigenvalue weighted by Gasteiger charge is 2.21. The second-order valence-corrected chi connectivity index (χ2v) is 4.32. The molecule has 2 rings (SSSR count). The van der Waals surface area contributed by atoms with E-state index in [1.165, 1.54) is 12.1 Å². The van der Waals surface area contributed by atoms with E-state index in [9.17, 15) is 14.4 Å². The lowest BCUT2D eigenvalue weighted by molar-refractivity contribution is -0.139. The zero-order valence-electron chi connectivity index (χ0n) is 10.8. The summed E-state index contributed by atoms with van der Waals surface area (Å²) in [5, 5.41) is 13.9. The highest BCUT2D eigenvalue weighted by molar-refractivity contribution is 6.00. The van der Waals surface area contributed by atoms with Gasteiger partial charge in [0, 0.05) is 5.56 Å². The fourth-order valence-corrected chi connectivity index (χ4v) is 1.80. The molecule has 0 aliphatic carbocycles. The predicted octanol–water partition coefficient (Wildman–Crippen LogP) is 0.610. The zero-order chi connectivity index (χ0) is 14.7. The van der Waals surface area contributed by atoms with Crippen LogP contribution in [0, 0.1) is 0 Å². The van der Waals surface area contributed by atoms with Gasteiger partial charge in [-0.25, -0.2) is 4.79 Å². The van der Waals surface area contributed by atoms with E-state index in [1.807, 2.05) is 0 Å². The molecule has 0 saturated carbocycles. The summed E-state index contributed by atoms with van der Waals surface area (Å²) in [5.41, 5.74) is 0.659. The molecule has 7 nitrogen and oxygen atoms in total. The number of carboxylic acids is 1. The first-order chi connectivity index (χ1) is 9.51. The summed E-state index contributed by atoms with van der Waals surface area (Å²) in [6.07, 6.45) is 0.284. The minimum atomic E-state index is -1.09. The number of carbonyl (C=O) groups is 3. The molecule has 2 amide bonds. The van der Waals surface area contributed by atoms with Gasteiger partial charge >= 0.3 is 5.97 Å². The van der Waals surface area contributed by atoms with Crippen molar-refractivity contribution in [3.05, 3.63) is 23.8 Å². The third kappa shape index (κ3) is 2.87. The van der Waals surface area contributed by atoms with Crippen molar-refractivity contribution in [2.45, 2.75) is 19.4 Å². The lowest BCUT2D eigenvalue weighted by Crippen LogP contribution is -2.40. The van der Waals surface area contributed by atoms with Gasteiger partial charge in [-0.05, 0) is 24.6 Å². The SMILES string of the molecule is CC[C@H](NC(=O)c1ccc2c(c1)NC(=O)CO2)C(=O)O. The molecule has 0 fully saturated rings. The van der Waals surface area contributed by atoms with E-state index in [-0.39, 0.29) is 24.5 Å². The smallest absolute Gasteiger partial charge is 0.326 e. The van der Waals surface area contributed by atoms with Crippen LogP contribution in [0.5, 0.6) is 5.75 Å². The number of hydrogen-bond donors (Lipinski definition) is 3. The summed E-state index contributed by atoms with van der Waals surface area (Å²) in [5.74, 6) is -1.42. The lowest BCUT2D eigenvalue weighted by atomic mass is 10.1. The maximum atomic E-state index is 12.0. The first-order valence-corrected chi connectivity index (χ1v) is 6.11. The molecule has 106 valence electrons. The van der Waals surface area contributed by atoms with Crippen molar-refractivity contribution in [2.75, 3.05) is 11.9 Å². The van der Waals surface area contributed by atoms with Gasteiger partial charge in [-0.1, -0.05) is 6.92 Å². The Bertz CT molecular complexity index is 570. The molecule has 1 aliphatic rings. The largest absolute Gasteiger partial charge is 0.482 e. The Kier molecular flexibility index (Phi) is 3.88. The maximum Gasteiger partial charge on any atom is 0.326 e. The van der Waals surface area contributed by atoms with Gasteiger partial charge < -0.3 is 20.5 Å². The Morgan fingerprint density at radius 1 is 1.50 bits per heavy atom. The molecule has 1 aliphatic heterocycles. The van der Waals surface area contributed by atoms with Crippen LogP contribution < -0.4 is 15.4 Å². The van der Waals surface area contributed by atoms with E-state index < -0.39 is 17.9 Å². The third-order valence-electron chi connectivity index (χ3n) is 2.89. The van der Waals surface area contributed by atoms with Gasteiger partial charge in [-0.2, -0.15) is 0 Å². The topological polar surface area (TPSA) is 105 Å². The van der Waals surface area contributed by atoms with Crippen molar-refractivity contribution in [2.24, 2.45) is 0 Å². The molecule has 0 bridgehead atoms. The van der Waals surface area contributed by atoms with Gasteiger partial charge in [0.15, 0.2) is 6.61 Å². The van der Waals surface area contributed by atoms with E-state index in [0.717, 1.165) is 0 Å². The molecule has 7 heteroatoms. The van der Waals surface area contributed by atoms with Crippen LogP contribution in [0.3, 0.4) is 0 Å². The van der Waals surface area contributed by atoms with E-state index in [0.29, 0.717) is 11.4 Å². The number of rotatable bonds is 4. The number of carboxylic acid groups (broad SMARTS) is 1. The molecular weight excluding hydrogens is 264 g/mol. The number of hydrogen-bond acceptors (Lipinski definition) is 4. The predicted molar refractivity (Wildman–Crippen MR) is 69.7 cm³/mol. The minimum Gasteiger partial charge on any atom is -0.482 e. The second-order valence-electron chi connectivity index (χ2n) is 4.32. The van der Waals surface area contributed by atoms with E-state index in [2.05, 4.69) is 10.6 Å². The monoisotopic (exact) mass is 278 g/mol. The number of ether oxygens (including phenoxy) is 1. The Hall–Kier alpha value is -2.57. The summed E-state index contributed by atoms with van der Waals surface area (Å²) in [6.45, 7) is 1.61. The van der Waals surface area contributed by atoms with Crippen LogP contribution in [0.25, 0.3) is 0 Å². The average Bonchev–Trinajstić information content (AvgIpc) is 2.43. The fourth-order valence-electron chi connectivity index (χ4n) is 1.80. The summed E-state index contributed by atoms with van der Waals surface area (Å²) in [6, 6.07) is 3.59. The first kappa shape index (κ1) is 13.9. The highest BCUT2D eigenvalue weighted by Crippen LogP contribution is 2.28. The summed E-state index contributed by atoms with van der Waals surface area (Å²) >= 11 is 0. The molecular formula is C13H14N2O5. The number of fused-ring (bicyclic) bond motifs is 1. The van der Waals surface area contributed by atoms with Crippen molar-refractivity contribution in [1.82, 2.24) is 5.32 Å². The quantitative estimate of drug-likeness (QED) is 0.748. The molecule has 20 heavy (non-hydrogen) atoms. The number of benzene rings is 1. The minimum absolute atomic E-state index is 0.0601. The van der Waals surface area contributed by atoms with Gasteiger partial charge in [0.1, 0.15) is 11.8 Å². The number of nitrogens with one attached hydrogen (secondary N) is 2. The first-order valence-electron chi connectivity index (χ1n) is 6.11. The van der Waals surface area contributed by atoms with Crippen molar-refractivity contribution >= 4 is 23.5 Å². The maximum absolute atomic E-state index is 12.0. The summed E-state index contributed by atoms with van der Waals surface area (Å²) in [7, 11) is 0. The van der Waals surface area contributed by atoms with Crippen molar-refractivity contribution in [3.8, 4) is 5.75 Å². The van der Waals surface area contributed by atoms with E-state index >= 15 is 0 Å². The Morgan fingerprint density at radius 3 is 2.90 bits per heavy atom. The Balaban J connectivity index is 2.17. The van der Waals surface area contributed by atoms with Crippen molar-refractivity contribution in [1.29, 1.82) is 0 Å². The van der Waals surface area contributed by atoms with Gasteiger partial charge in [-0.3, -0.25) is 9.59 Å². The Labute approximate surface area is 114 Å². The van der Waals surface area contributed by atoms with Crippen LogP contribution in [0.1, 0.15) is 23.7 Å². The summed E-state index contributed by atoms with van der Waals surface area (Å²) in [4.78, 5) is 34.0. The van der Waals surface area contributed by atoms with Gasteiger partial charge in [0.25, 0.3) is 11.8 Å². The number of aliphatic carboxylic acids is 1. The van der Waals surface area contributed by atoms with Crippen molar-refractivity contribution in [3.63, 3.8) is 0 Å². The van der Waals surface area contributed by atoms with Gasteiger partial charge in [0.2, 0.25) is 0 Å². The normalized spacial score (nSPS) is 14.6. The van der Waals surface area contributed by atoms with Crippen LogP contribution >= 0.6 is 0 Å². The van der Waals surface area contributed by atoms with E-state index in [1.54, 1.807) is 13.0 Å². The molecule has 1 aromatic carbocycles. The highest BCUT2D eigenvalue weighted by atomic mass is 16.5. The molecule has 1 atom stereocenters. The molecule has 3 N–H and O–H groups in total. The molecule has 0 spiro atoms. The molecule has 1 aromatic rings. The molecule has 0 saturated heterocycles. The molecule has 0 radical (unpaired) electrons.